The second-order valence-corrected chi connectivity index (χ2v) is 5.78. The molecule has 0 aromatic heterocycles. The summed E-state index contributed by atoms with van der Waals surface area (Å²) in [4.78, 5) is 0. The van der Waals surface area contributed by atoms with Crippen LogP contribution in [0.1, 0.15) is 40.5 Å². The van der Waals surface area contributed by atoms with Crippen molar-refractivity contribution in [3.05, 3.63) is 0 Å². The van der Waals surface area contributed by atoms with Crippen LogP contribution < -0.4 is 0 Å². The molecule has 0 unspecified atom stereocenters. The zero-order chi connectivity index (χ0) is 15.1. The Kier molecular flexibility index (Phi) is 4.28. The summed E-state index contributed by atoms with van der Waals surface area (Å²) in [5.41, 5.74) is -1.21. The monoisotopic (exact) mass is 288 g/mol. The molecule has 2 nitrogen and oxygen atoms in total. The van der Waals surface area contributed by atoms with Gasteiger partial charge in [0.15, 0.2) is 0 Å². The van der Waals surface area contributed by atoms with Crippen LogP contribution in [0.2, 0.25) is 6.32 Å². The molecule has 1 rings (SSSR count). The van der Waals surface area contributed by atoms with Crippen molar-refractivity contribution >= 4 is 7.12 Å². The van der Waals surface area contributed by atoms with Crippen molar-refractivity contribution in [1.82, 2.24) is 0 Å². The smallest absolute Gasteiger partial charge is 0.403 e. The number of rotatable bonds is 4. The van der Waals surface area contributed by atoms with Gasteiger partial charge in [0.1, 0.15) is 0 Å². The van der Waals surface area contributed by atoms with Crippen LogP contribution >= 0.6 is 0 Å². The van der Waals surface area contributed by atoms with Crippen molar-refractivity contribution in [2.45, 2.75) is 70.2 Å². The van der Waals surface area contributed by atoms with Crippen LogP contribution in [0.3, 0.4) is 0 Å². The number of hydrogen-bond donors (Lipinski definition) is 0. The van der Waals surface area contributed by atoms with Crippen LogP contribution in [0.25, 0.3) is 0 Å². The molecule has 0 spiro atoms. The van der Waals surface area contributed by atoms with Gasteiger partial charge in [0.25, 0.3) is 0 Å². The fourth-order valence-corrected chi connectivity index (χ4v) is 1.72. The Morgan fingerprint density at radius 2 is 1.32 bits per heavy atom. The summed E-state index contributed by atoms with van der Waals surface area (Å²) in [5, 5.41) is 0. The Morgan fingerprint density at radius 1 is 0.895 bits per heavy atom. The zero-order valence-electron chi connectivity index (χ0n) is 11.4. The first kappa shape index (κ1) is 16.7. The second-order valence-electron chi connectivity index (χ2n) is 5.78. The average Bonchev–Trinajstić information content (AvgIpc) is 2.32. The van der Waals surface area contributed by atoms with Crippen molar-refractivity contribution in [3.8, 4) is 0 Å². The van der Waals surface area contributed by atoms with Crippen LogP contribution in [0.5, 0.6) is 0 Å². The highest BCUT2D eigenvalue weighted by molar-refractivity contribution is 6.45. The first-order valence-corrected chi connectivity index (χ1v) is 6.09. The summed E-state index contributed by atoms with van der Waals surface area (Å²) in [6, 6.07) is 0. The van der Waals surface area contributed by atoms with Gasteiger partial charge in [-0.3, -0.25) is 0 Å². The molecule has 19 heavy (non-hydrogen) atoms. The molecule has 1 aliphatic heterocycles. The first-order valence-electron chi connectivity index (χ1n) is 6.09. The van der Waals surface area contributed by atoms with E-state index < -0.39 is 36.8 Å². The summed E-state index contributed by atoms with van der Waals surface area (Å²) in [5.74, 6) is -4.66. The molecule has 0 N–H and O–H groups in total. The standard InChI is InChI=1S/C11H18BF5O2/c1-8(2)9(3,4)19-12(18-8)7-5-6-10(13,14)11(15,16)17/h5-7H2,1-4H3. The minimum absolute atomic E-state index is 0.0124. The SMILES string of the molecule is CC1(C)OB(CCCC(F)(F)C(F)(F)F)OC1(C)C. The largest absolute Gasteiger partial charge is 0.457 e. The van der Waals surface area contributed by atoms with Crippen LogP contribution in [0.15, 0.2) is 0 Å². The van der Waals surface area contributed by atoms with Gasteiger partial charge in [-0.05, 0) is 40.4 Å². The molecule has 1 aliphatic rings. The molecule has 112 valence electrons. The Hall–Kier alpha value is -0.365. The van der Waals surface area contributed by atoms with Gasteiger partial charge in [-0.1, -0.05) is 0 Å². The fourth-order valence-electron chi connectivity index (χ4n) is 1.72. The van der Waals surface area contributed by atoms with Crippen molar-refractivity contribution in [3.63, 3.8) is 0 Å². The van der Waals surface area contributed by atoms with E-state index in [-0.39, 0.29) is 12.7 Å². The van der Waals surface area contributed by atoms with Gasteiger partial charge in [0, 0.05) is 6.42 Å². The lowest BCUT2D eigenvalue weighted by Gasteiger charge is -2.32. The highest BCUT2D eigenvalue weighted by Crippen LogP contribution is 2.41. The highest BCUT2D eigenvalue weighted by Gasteiger charge is 2.57. The molecule has 1 fully saturated rings. The van der Waals surface area contributed by atoms with Gasteiger partial charge in [-0.25, -0.2) is 0 Å². The third-order valence-corrected chi connectivity index (χ3v) is 3.65. The van der Waals surface area contributed by atoms with Crippen molar-refractivity contribution in [2.75, 3.05) is 0 Å². The molecule has 8 heteroatoms. The van der Waals surface area contributed by atoms with E-state index >= 15 is 0 Å². The maximum Gasteiger partial charge on any atom is 0.457 e. The van der Waals surface area contributed by atoms with Gasteiger partial charge < -0.3 is 9.31 Å². The maximum absolute atomic E-state index is 12.7. The van der Waals surface area contributed by atoms with E-state index in [1.54, 1.807) is 27.7 Å². The Morgan fingerprint density at radius 3 is 1.68 bits per heavy atom. The van der Waals surface area contributed by atoms with E-state index in [0.717, 1.165) is 0 Å². The summed E-state index contributed by atoms with van der Waals surface area (Å²) < 4.78 is 72.3. The number of halogens is 5. The van der Waals surface area contributed by atoms with E-state index in [0.29, 0.717) is 0 Å². The van der Waals surface area contributed by atoms with Crippen LogP contribution in [-0.2, 0) is 9.31 Å². The van der Waals surface area contributed by atoms with E-state index in [9.17, 15) is 22.0 Å². The van der Waals surface area contributed by atoms with Crippen molar-refractivity contribution < 1.29 is 31.3 Å². The van der Waals surface area contributed by atoms with Gasteiger partial charge >= 0.3 is 19.2 Å². The highest BCUT2D eigenvalue weighted by atomic mass is 19.4. The van der Waals surface area contributed by atoms with Crippen LogP contribution in [0, 0.1) is 0 Å². The molecule has 0 radical (unpaired) electrons. The predicted molar refractivity (Wildman–Crippen MR) is 61.1 cm³/mol. The Balaban J connectivity index is 2.45. The molecular formula is C11H18BF5O2. The van der Waals surface area contributed by atoms with Gasteiger partial charge in [-0.15, -0.1) is 0 Å². The Labute approximate surface area is 109 Å². The topological polar surface area (TPSA) is 18.5 Å². The first-order chi connectivity index (χ1) is 8.29. The Bertz CT molecular complexity index is 312. The van der Waals surface area contributed by atoms with Crippen molar-refractivity contribution in [2.24, 2.45) is 0 Å². The van der Waals surface area contributed by atoms with Crippen molar-refractivity contribution in [1.29, 1.82) is 0 Å². The molecule has 0 aromatic carbocycles. The normalized spacial score (nSPS) is 22.9. The summed E-state index contributed by atoms with van der Waals surface area (Å²) in [6.07, 6.45) is -7.05. The third-order valence-electron chi connectivity index (χ3n) is 3.65. The number of hydrogen-bond acceptors (Lipinski definition) is 2. The van der Waals surface area contributed by atoms with Gasteiger partial charge in [0.05, 0.1) is 11.2 Å². The van der Waals surface area contributed by atoms with Gasteiger partial charge in [-0.2, -0.15) is 22.0 Å². The fraction of sp³-hybridized carbons (Fsp3) is 1.00. The van der Waals surface area contributed by atoms with E-state index in [2.05, 4.69) is 0 Å². The lowest BCUT2D eigenvalue weighted by molar-refractivity contribution is -0.284. The zero-order valence-corrected chi connectivity index (χ0v) is 11.4. The summed E-state index contributed by atoms with van der Waals surface area (Å²) in [6.45, 7) is 7.16. The quantitative estimate of drug-likeness (QED) is 0.573. The maximum atomic E-state index is 12.7. The third kappa shape index (κ3) is 3.59. The average molecular weight is 288 g/mol. The van der Waals surface area contributed by atoms with E-state index in [4.69, 9.17) is 9.31 Å². The molecule has 1 saturated heterocycles. The lowest BCUT2D eigenvalue weighted by atomic mass is 9.82. The lowest BCUT2D eigenvalue weighted by Crippen LogP contribution is -2.41. The molecule has 0 amide bonds. The predicted octanol–water partition coefficient (Wildman–Crippen LogP) is 4.06. The van der Waals surface area contributed by atoms with E-state index in [1.807, 2.05) is 0 Å². The van der Waals surface area contributed by atoms with Gasteiger partial charge in [0.2, 0.25) is 0 Å². The molecule has 0 saturated carbocycles. The number of alkyl halides is 5. The van der Waals surface area contributed by atoms with E-state index in [1.165, 1.54) is 0 Å². The minimum atomic E-state index is -5.50. The molecular weight excluding hydrogens is 270 g/mol. The molecule has 0 atom stereocenters. The summed E-state index contributed by atoms with van der Waals surface area (Å²) >= 11 is 0. The minimum Gasteiger partial charge on any atom is -0.403 e. The molecule has 0 aliphatic carbocycles. The molecule has 0 bridgehead atoms. The van der Waals surface area contributed by atoms with Crippen LogP contribution in [0.4, 0.5) is 22.0 Å². The second kappa shape index (κ2) is 4.88. The molecule has 0 aromatic rings. The summed E-state index contributed by atoms with van der Waals surface area (Å²) in [7, 11) is -0.742. The molecule has 1 heterocycles. The van der Waals surface area contributed by atoms with Crippen LogP contribution in [-0.4, -0.2) is 30.4 Å².